The van der Waals surface area contributed by atoms with Crippen molar-refractivity contribution in [3.05, 3.63) is 83.4 Å². The van der Waals surface area contributed by atoms with Gasteiger partial charge in [0.2, 0.25) is 0 Å². The van der Waals surface area contributed by atoms with Crippen LogP contribution < -0.4 is 21.6 Å². The van der Waals surface area contributed by atoms with Crippen molar-refractivity contribution in [3.8, 4) is 24.5 Å². The fraction of sp³-hybridized carbons (Fsp3) is 0.273. The highest BCUT2D eigenvalue weighted by Crippen LogP contribution is 2.42. The molecule has 3 heterocycles. The monoisotopic (exact) mass is 553 g/mol. The highest BCUT2D eigenvalue weighted by Gasteiger charge is 2.50. The molecule has 2 aromatic carbocycles. The number of rotatable bonds is 7. The summed E-state index contributed by atoms with van der Waals surface area (Å²) < 4.78 is 0. The summed E-state index contributed by atoms with van der Waals surface area (Å²) in [6, 6.07) is 18.2. The Kier molecular flexibility index (Phi) is 6.58. The topological polar surface area (TPSA) is 125 Å². The zero-order chi connectivity index (χ0) is 29.5. The maximum absolute atomic E-state index is 10.1. The highest BCUT2D eigenvalue weighted by molar-refractivity contribution is 5.99. The van der Waals surface area contributed by atoms with E-state index in [1.807, 2.05) is 47.6 Å². The predicted molar refractivity (Wildman–Crippen MR) is 164 cm³/mol. The maximum atomic E-state index is 10.1. The van der Waals surface area contributed by atoms with Gasteiger partial charge in [-0.25, -0.2) is 0 Å². The molecule has 1 fully saturated rings. The molecule has 1 aliphatic heterocycles. The quantitative estimate of drug-likeness (QED) is 0.221. The maximum Gasteiger partial charge on any atom is 0.143 e. The first-order valence-corrected chi connectivity index (χ1v) is 13.9. The Morgan fingerprint density at radius 2 is 1.93 bits per heavy atom. The van der Waals surface area contributed by atoms with E-state index in [-0.39, 0.29) is 11.5 Å². The zero-order valence-electron chi connectivity index (χ0n) is 23.8. The van der Waals surface area contributed by atoms with Crippen LogP contribution in [0.1, 0.15) is 56.3 Å². The van der Waals surface area contributed by atoms with E-state index < -0.39 is 5.54 Å². The van der Waals surface area contributed by atoms with Crippen LogP contribution in [0.3, 0.4) is 0 Å². The third-order valence-corrected chi connectivity index (χ3v) is 7.64. The number of nitrogens with zero attached hydrogens (tertiary/aromatic N) is 5. The number of benzene rings is 2. The molecule has 1 saturated carbocycles. The molecule has 1 atom stereocenters. The van der Waals surface area contributed by atoms with Gasteiger partial charge in [0.25, 0.3) is 0 Å². The van der Waals surface area contributed by atoms with Gasteiger partial charge >= 0.3 is 0 Å². The molecule has 0 spiro atoms. The summed E-state index contributed by atoms with van der Waals surface area (Å²) in [7, 11) is 0. The SMILES string of the molecule is C#Cc1cnc2c(C#N)cc(N[C@H](C3=CN(C4(C#N)CC4)NN3)c3cccc4ncccc34)cc2c1NCC(C)(C)C. The van der Waals surface area contributed by atoms with E-state index in [0.717, 1.165) is 51.8 Å². The van der Waals surface area contributed by atoms with Gasteiger partial charge in [0, 0.05) is 41.6 Å². The summed E-state index contributed by atoms with van der Waals surface area (Å²) >= 11 is 0. The summed E-state index contributed by atoms with van der Waals surface area (Å²) in [5.41, 5.74) is 11.8. The van der Waals surface area contributed by atoms with Gasteiger partial charge < -0.3 is 16.1 Å². The van der Waals surface area contributed by atoms with Crippen LogP contribution in [0.2, 0.25) is 0 Å². The number of fused-ring (bicyclic) bond motifs is 2. The molecule has 0 radical (unpaired) electrons. The van der Waals surface area contributed by atoms with Crippen LogP contribution in [0.25, 0.3) is 21.8 Å². The van der Waals surface area contributed by atoms with Gasteiger partial charge in [-0.1, -0.05) is 44.9 Å². The molecule has 4 aromatic rings. The van der Waals surface area contributed by atoms with Gasteiger partial charge in [-0.05, 0) is 48.1 Å². The number of hydrogen-bond acceptors (Lipinski definition) is 9. The van der Waals surface area contributed by atoms with Crippen LogP contribution in [-0.4, -0.2) is 27.1 Å². The Balaban J connectivity index is 1.49. The largest absolute Gasteiger partial charge is 0.383 e. The van der Waals surface area contributed by atoms with Crippen LogP contribution in [0.15, 0.2) is 66.8 Å². The minimum atomic E-state index is -0.554. The van der Waals surface area contributed by atoms with Crippen molar-refractivity contribution in [1.29, 1.82) is 10.5 Å². The Hall–Kier alpha value is -5.30. The van der Waals surface area contributed by atoms with E-state index in [1.54, 1.807) is 12.4 Å². The lowest BCUT2D eigenvalue weighted by Crippen LogP contribution is -2.44. The molecule has 1 aliphatic carbocycles. The average molecular weight is 554 g/mol. The van der Waals surface area contributed by atoms with Crippen LogP contribution in [0.5, 0.6) is 0 Å². The van der Waals surface area contributed by atoms with Crippen LogP contribution >= 0.6 is 0 Å². The normalized spacial score (nSPS) is 16.1. The molecular formula is C33H31N9. The summed E-state index contributed by atoms with van der Waals surface area (Å²) in [4.78, 5) is 9.13. The third kappa shape index (κ3) is 4.90. The lowest BCUT2D eigenvalue weighted by atomic mass is 9.96. The lowest BCUT2D eigenvalue weighted by Gasteiger charge is -2.24. The highest BCUT2D eigenvalue weighted by atomic mass is 15.7. The number of aromatic nitrogens is 2. The number of nitrogens with one attached hydrogen (secondary N) is 4. The first-order valence-electron chi connectivity index (χ1n) is 13.9. The number of anilines is 2. The van der Waals surface area contributed by atoms with Crippen molar-refractivity contribution < 1.29 is 0 Å². The first kappa shape index (κ1) is 26.9. The molecule has 0 amide bonds. The summed E-state index contributed by atoms with van der Waals surface area (Å²) in [6.07, 6.45) is 12.8. The summed E-state index contributed by atoms with van der Waals surface area (Å²) in [5, 5.41) is 30.7. The summed E-state index contributed by atoms with van der Waals surface area (Å²) in [6.45, 7) is 7.13. The van der Waals surface area contributed by atoms with Gasteiger partial charge in [0.1, 0.15) is 11.6 Å². The predicted octanol–water partition coefficient (Wildman–Crippen LogP) is 5.47. The van der Waals surface area contributed by atoms with E-state index in [0.29, 0.717) is 23.2 Å². The van der Waals surface area contributed by atoms with Gasteiger partial charge in [-0.15, -0.1) is 12.0 Å². The van der Waals surface area contributed by atoms with Crippen molar-refractivity contribution >= 4 is 33.2 Å². The van der Waals surface area contributed by atoms with Gasteiger partial charge in [0.15, 0.2) is 0 Å². The average Bonchev–Trinajstić information content (AvgIpc) is 3.64. The zero-order valence-corrected chi connectivity index (χ0v) is 23.8. The number of hydrazine groups is 2. The van der Waals surface area contributed by atoms with Gasteiger partial charge in [-0.2, -0.15) is 10.5 Å². The second-order valence-electron chi connectivity index (χ2n) is 12.0. The van der Waals surface area contributed by atoms with E-state index in [1.165, 1.54) is 0 Å². The van der Waals surface area contributed by atoms with E-state index in [2.05, 4.69) is 76.5 Å². The molecule has 2 aliphatic rings. The fourth-order valence-electron chi connectivity index (χ4n) is 5.22. The Labute approximate surface area is 245 Å². The second-order valence-corrected chi connectivity index (χ2v) is 12.0. The molecule has 0 saturated heterocycles. The molecule has 0 bridgehead atoms. The Bertz CT molecular complexity index is 1850. The van der Waals surface area contributed by atoms with Crippen molar-refractivity contribution in [1.82, 2.24) is 25.9 Å². The van der Waals surface area contributed by atoms with E-state index in [4.69, 9.17) is 6.42 Å². The van der Waals surface area contributed by atoms with Gasteiger partial charge in [-0.3, -0.25) is 15.0 Å². The molecule has 0 unspecified atom stereocenters. The lowest BCUT2D eigenvalue weighted by molar-refractivity contribution is 0.217. The fourth-order valence-corrected chi connectivity index (χ4v) is 5.22. The molecule has 9 nitrogen and oxygen atoms in total. The molecule has 42 heavy (non-hydrogen) atoms. The number of terminal acetylenes is 1. The number of nitriles is 2. The minimum Gasteiger partial charge on any atom is -0.383 e. The van der Waals surface area contributed by atoms with E-state index in [9.17, 15) is 10.5 Å². The van der Waals surface area contributed by atoms with Crippen LogP contribution in [-0.2, 0) is 0 Å². The second kappa shape index (κ2) is 10.3. The Morgan fingerprint density at radius 1 is 1.10 bits per heavy atom. The molecule has 208 valence electrons. The smallest absolute Gasteiger partial charge is 0.143 e. The third-order valence-electron chi connectivity index (χ3n) is 7.64. The van der Waals surface area contributed by atoms with Crippen molar-refractivity contribution in [2.24, 2.45) is 5.41 Å². The van der Waals surface area contributed by atoms with Gasteiger partial charge in [0.05, 0.1) is 45.7 Å². The molecule has 6 rings (SSSR count). The molecule has 2 aromatic heterocycles. The summed E-state index contributed by atoms with van der Waals surface area (Å²) in [5.74, 6) is 2.75. The molecular weight excluding hydrogens is 522 g/mol. The first-order chi connectivity index (χ1) is 20.2. The van der Waals surface area contributed by atoms with Crippen LogP contribution in [0.4, 0.5) is 11.4 Å². The van der Waals surface area contributed by atoms with Crippen molar-refractivity contribution in [3.63, 3.8) is 0 Å². The Morgan fingerprint density at radius 3 is 2.64 bits per heavy atom. The van der Waals surface area contributed by atoms with Crippen LogP contribution in [0, 0.1) is 40.4 Å². The van der Waals surface area contributed by atoms with E-state index >= 15 is 0 Å². The van der Waals surface area contributed by atoms with Crippen molar-refractivity contribution in [2.45, 2.75) is 45.2 Å². The molecule has 4 N–H and O–H groups in total. The minimum absolute atomic E-state index is 0.00468. The molecule has 9 heteroatoms. The standard InChI is InChI=1S/C33H31N9/c1-5-21-17-37-30-22(16-34)14-23(15-26(30)29(21)38-20-32(2,3)4)39-31(25-8-6-10-27-24(25)9-7-13-36-27)28-18-42(41-40-28)33(19-35)11-12-33/h1,6-10,13-15,17-18,31,39-41H,11-12,20H2,2-4H3,(H,37,38)/t31-/m0/s1. The number of pyridine rings is 2. The van der Waals surface area contributed by atoms with Crippen molar-refractivity contribution in [2.75, 3.05) is 17.2 Å². The number of hydrogen-bond donors (Lipinski definition) is 4.